The quantitative estimate of drug-likeness (QED) is 0.347. The smallest absolute Gasteiger partial charge is 0.277 e. The number of aromatic amines is 1. The molecule has 0 aliphatic carbocycles. The number of amides is 1. The Kier molecular flexibility index (Phi) is 5.36. The van der Waals surface area contributed by atoms with E-state index in [1.54, 1.807) is 6.07 Å². The van der Waals surface area contributed by atoms with Crippen molar-refractivity contribution in [2.75, 3.05) is 11.9 Å². The number of hydrogen-bond donors (Lipinski definition) is 2. The second kappa shape index (κ2) is 8.63. The maximum atomic E-state index is 12.6. The topological polar surface area (TPSA) is 93.0 Å². The first kappa shape index (κ1) is 20.5. The molecule has 0 aliphatic heterocycles. The second-order valence-corrected chi connectivity index (χ2v) is 7.67. The van der Waals surface area contributed by atoms with Crippen molar-refractivity contribution in [2.24, 2.45) is 0 Å². The van der Waals surface area contributed by atoms with Crippen LogP contribution < -0.4 is 10.1 Å². The third kappa shape index (κ3) is 4.34. The zero-order chi connectivity index (χ0) is 22.8. The molecule has 0 atom stereocenters. The lowest BCUT2D eigenvalue weighted by atomic mass is 10.1. The van der Waals surface area contributed by atoms with Gasteiger partial charge in [0.25, 0.3) is 5.91 Å². The lowest BCUT2D eigenvalue weighted by molar-refractivity contribution is 0.101. The molecular weight excluding hydrogens is 416 g/mol. The Morgan fingerprint density at radius 2 is 1.76 bits per heavy atom. The van der Waals surface area contributed by atoms with Crippen LogP contribution in [0, 0.1) is 6.92 Å². The number of imidazole rings is 1. The summed E-state index contributed by atoms with van der Waals surface area (Å²) in [6.07, 6.45) is 0. The molecule has 0 bridgehead atoms. The first-order valence-corrected chi connectivity index (χ1v) is 10.7. The maximum absolute atomic E-state index is 12.6. The number of nitrogens with one attached hydrogen (secondary N) is 2. The van der Waals surface area contributed by atoms with Gasteiger partial charge in [-0.1, -0.05) is 11.2 Å². The van der Waals surface area contributed by atoms with Gasteiger partial charge in [0.05, 0.1) is 17.6 Å². The van der Waals surface area contributed by atoms with Crippen LogP contribution in [-0.4, -0.2) is 27.6 Å². The number of carbonyl (C=O) groups is 1. The summed E-state index contributed by atoms with van der Waals surface area (Å²) in [6, 6.07) is 22.7. The molecule has 2 aromatic heterocycles. The van der Waals surface area contributed by atoms with Gasteiger partial charge in [0.15, 0.2) is 11.5 Å². The number of anilines is 1. The van der Waals surface area contributed by atoms with Crippen LogP contribution in [0.4, 0.5) is 5.69 Å². The fourth-order valence-electron chi connectivity index (χ4n) is 3.57. The average Bonchev–Trinajstić information content (AvgIpc) is 3.48. The molecule has 0 spiro atoms. The molecule has 0 unspecified atom stereocenters. The van der Waals surface area contributed by atoms with Gasteiger partial charge in [-0.3, -0.25) is 4.79 Å². The lowest BCUT2D eigenvalue weighted by Gasteiger charge is -2.04. The molecule has 2 heterocycles. The third-order valence-electron chi connectivity index (χ3n) is 5.25. The number of ether oxygens (including phenoxy) is 1. The Bertz CT molecular complexity index is 1420. The first-order valence-electron chi connectivity index (χ1n) is 10.7. The van der Waals surface area contributed by atoms with Crippen LogP contribution in [0.15, 0.2) is 77.3 Å². The molecule has 0 saturated heterocycles. The number of fused-ring (bicyclic) bond motifs is 1. The minimum absolute atomic E-state index is 0.204. The van der Waals surface area contributed by atoms with Crippen molar-refractivity contribution in [2.45, 2.75) is 13.8 Å². The molecule has 5 aromatic rings. The van der Waals surface area contributed by atoms with E-state index in [1.807, 2.05) is 74.5 Å². The van der Waals surface area contributed by atoms with E-state index in [0.29, 0.717) is 18.1 Å². The summed E-state index contributed by atoms with van der Waals surface area (Å²) < 4.78 is 10.8. The molecule has 33 heavy (non-hydrogen) atoms. The maximum Gasteiger partial charge on any atom is 0.277 e. The Balaban J connectivity index is 1.28. The molecule has 0 radical (unpaired) electrons. The van der Waals surface area contributed by atoms with Gasteiger partial charge in [-0.05, 0) is 80.1 Å². The molecule has 5 rings (SSSR count). The van der Waals surface area contributed by atoms with Gasteiger partial charge in [-0.25, -0.2) is 4.98 Å². The van der Waals surface area contributed by atoms with Gasteiger partial charge in [0, 0.05) is 22.9 Å². The van der Waals surface area contributed by atoms with Crippen LogP contribution in [0.25, 0.3) is 33.7 Å². The van der Waals surface area contributed by atoms with Crippen molar-refractivity contribution in [1.29, 1.82) is 0 Å². The first-order chi connectivity index (χ1) is 16.1. The molecule has 1 amide bonds. The molecular formula is C26H22N4O3. The van der Waals surface area contributed by atoms with Crippen molar-refractivity contribution in [3.8, 4) is 28.5 Å². The number of hydrogen-bond acceptors (Lipinski definition) is 5. The summed E-state index contributed by atoms with van der Waals surface area (Å²) >= 11 is 0. The van der Waals surface area contributed by atoms with Gasteiger partial charge in [-0.2, -0.15) is 0 Å². The minimum atomic E-state index is -0.345. The highest BCUT2D eigenvalue weighted by molar-refractivity contribution is 6.03. The van der Waals surface area contributed by atoms with Crippen LogP contribution in [0.1, 0.15) is 23.0 Å². The minimum Gasteiger partial charge on any atom is -0.494 e. The van der Waals surface area contributed by atoms with Crippen molar-refractivity contribution in [1.82, 2.24) is 15.1 Å². The summed E-state index contributed by atoms with van der Waals surface area (Å²) in [7, 11) is 0. The summed E-state index contributed by atoms with van der Waals surface area (Å²) in [5.74, 6) is 1.73. The van der Waals surface area contributed by atoms with Crippen molar-refractivity contribution in [3.63, 3.8) is 0 Å². The lowest BCUT2D eigenvalue weighted by Crippen LogP contribution is -2.12. The highest BCUT2D eigenvalue weighted by Gasteiger charge is 2.14. The van der Waals surface area contributed by atoms with E-state index in [0.717, 1.165) is 33.7 Å². The molecule has 2 N–H and O–H groups in total. The zero-order valence-corrected chi connectivity index (χ0v) is 18.3. The summed E-state index contributed by atoms with van der Waals surface area (Å²) in [5.41, 5.74) is 5.70. The predicted octanol–water partition coefficient (Wildman–Crippen LogP) is 5.84. The Labute approximate surface area is 190 Å². The fourth-order valence-corrected chi connectivity index (χ4v) is 3.57. The van der Waals surface area contributed by atoms with Crippen LogP contribution in [0.2, 0.25) is 0 Å². The summed E-state index contributed by atoms with van der Waals surface area (Å²) in [4.78, 5) is 20.6. The standard InChI is InChI=1S/C26H22N4O3/c1-3-32-20-11-7-17(8-12-20)24-15-23(30-33-24)26(31)27-19-9-5-18(6-10-19)25-28-21-13-4-16(2)14-22(21)29-25/h4-15H,3H2,1-2H3,(H,27,31)(H,28,29). The van der Waals surface area contributed by atoms with Crippen LogP contribution in [0.5, 0.6) is 5.75 Å². The summed E-state index contributed by atoms with van der Waals surface area (Å²) in [5, 5.41) is 6.76. The number of aromatic nitrogens is 3. The van der Waals surface area contributed by atoms with Crippen LogP contribution in [-0.2, 0) is 0 Å². The predicted molar refractivity (Wildman–Crippen MR) is 127 cm³/mol. The Morgan fingerprint density at radius 3 is 2.52 bits per heavy atom. The number of benzene rings is 3. The van der Waals surface area contributed by atoms with Gasteiger partial charge >= 0.3 is 0 Å². The van der Waals surface area contributed by atoms with Gasteiger partial charge < -0.3 is 19.6 Å². The Morgan fingerprint density at radius 1 is 1.00 bits per heavy atom. The van der Waals surface area contributed by atoms with Crippen molar-refractivity contribution in [3.05, 3.63) is 84.1 Å². The molecule has 7 nitrogen and oxygen atoms in total. The van der Waals surface area contributed by atoms with E-state index in [-0.39, 0.29) is 11.6 Å². The molecule has 3 aromatic carbocycles. The second-order valence-electron chi connectivity index (χ2n) is 7.67. The average molecular weight is 438 g/mol. The van der Waals surface area contributed by atoms with Crippen LogP contribution in [0.3, 0.4) is 0 Å². The molecule has 0 aliphatic rings. The molecule has 0 saturated carbocycles. The number of aryl methyl sites for hydroxylation is 1. The van der Waals surface area contributed by atoms with E-state index >= 15 is 0 Å². The van der Waals surface area contributed by atoms with Gasteiger partial charge in [-0.15, -0.1) is 0 Å². The van der Waals surface area contributed by atoms with E-state index in [4.69, 9.17) is 9.26 Å². The number of nitrogens with zero attached hydrogens (tertiary/aromatic N) is 2. The third-order valence-corrected chi connectivity index (χ3v) is 5.25. The van der Waals surface area contributed by atoms with Crippen molar-refractivity contribution < 1.29 is 14.1 Å². The normalized spacial score (nSPS) is 11.0. The summed E-state index contributed by atoms with van der Waals surface area (Å²) in [6.45, 7) is 4.58. The number of carbonyl (C=O) groups excluding carboxylic acids is 1. The van der Waals surface area contributed by atoms with Gasteiger partial charge in [0.2, 0.25) is 0 Å². The van der Waals surface area contributed by atoms with Crippen LogP contribution >= 0.6 is 0 Å². The highest BCUT2D eigenvalue weighted by atomic mass is 16.5. The fraction of sp³-hybridized carbons (Fsp3) is 0.115. The molecule has 7 heteroatoms. The van der Waals surface area contributed by atoms with Crippen molar-refractivity contribution >= 4 is 22.6 Å². The monoisotopic (exact) mass is 438 g/mol. The van der Waals surface area contributed by atoms with Gasteiger partial charge in [0.1, 0.15) is 11.6 Å². The zero-order valence-electron chi connectivity index (χ0n) is 18.3. The van der Waals surface area contributed by atoms with E-state index in [2.05, 4.69) is 26.5 Å². The van der Waals surface area contributed by atoms with E-state index in [9.17, 15) is 4.79 Å². The number of rotatable bonds is 6. The van der Waals surface area contributed by atoms with E-state index in [1.165, 1.54) is 5.56 Å². The SMILES string of the molecule is CCOc1ccc(-c2cc(C(=O)Nc3ccc(-c4nc5ccc(C)cc5[nH]4)cc3)no2)cc1. The largest absolute Gasteiger partial charge is 0.494 e. The number of H-pyrrole nitrogens is 1. The van der Waals surface area contributed by atoms with E-state index < -0.39 is 0 Å². The Hall–Kier alpha value is -4.39. The molecule has 0 fully saturated rings. The highest BCUT2D eigenvalue weighted by Crippen LogP contribution is 2.25. The molecule has 164 valence electrons.